The number of esters is 1. The van der Waals surface area contributed by atoms with Crippen molar-refractivity contribution in [2.24, 2.45) is 17.8 Å². The zero-order valence-corrected chi connectivity index (χ0v) is 43.0. The number of carbonyl (C=O) groups is 9. The Morgan fingerprint density at radius 2 is 1.09 bits per heavy atom. The minimum atomic E-state index is -1.47. The summed E-state index contributed by atoms with van der Waals surface area (Å²) in [6, 6.07) is -7.60. The fraction of sp³-hybridized carbons (Fsp3) is 0.800. The number of nitrogens with zero attached hydrogens (tertiary/aromatic N) is 4. The third-order valence-corrected chi connectivity index (χ3v) is 12.0. The van der Waals surface area contributed by atoms with E-state index >= 15 is 0 Å². The average Bonchev–Trinajstić information content (AvgIpc) is 3.22. The minimum Gasteiger partial charge on any atom is -0.469 e. The molecule has 0 bridgehead atoms. The van der Waals surface area contributed by atoms with E-state index < -0.39 is 95.2 Å². The first-order valence-electron chi connectivity index (χ1n) is 22.5. The minimum absolute atomic E-state index is 0.0857. The van der Waals surface area contributed by atoms with Crippen LogP contribution in [-0.2, 0) is 47.9 Å². The molecule has 19 nitrogen and oxygen atoms in total. The van der Waals surface area contributed by atoms with Crippen LogP contribution in [-0.4, -0.2) is 180 Å². The molecule has 374 valence electrons. The lowest BCUT2D eigenvalue weighted by Crippen LogP contribution is -2.61. The number of methoxy groups -OCH3 is 1. The van der Waals surface area contributed by atoms with Crippen molar-refractivity contribution in [1.29, 1.82) is 0 Å². The van der Waals surface area contributed by atoms with Crippen molar-refractivity contribution in [3.05, 3.63) is 0 Å². The lowest BCUT2D eigenvalue weighted by molar-refractivity contribution is -0.149. The van der Waals surface area contributed by atoms with E-state index in [1.165, 1.54) is 101 Å². The molecule has 0 saturated carbocycles. The van der Waals surface area contributed by atoms with Crippen LogP contribution in [0.3, 0.4) is 0 Å². The van der Waals surface area contributed by atoms with Crippen LogP contribution in [0.1, 0.15) is 115 Å². The summed E-state index contributed by atoms with van der Waals surface area (Å²) in [5, 5.41) is 21.6. The Morgan fingerprint density at radius 1 is 0.615 bits per heavy atom. The molecule has 5 N–H and O–H groups in total. The van der Waals surface area contributed by atoms with Crippen molar-refractivity contribution in [2.75, 3.05) is 53.9 Å². The lowest BCUT2D eigenvalue weighted by Gasteiger charge is -2.38. The van der Waals surface area contributed by atoms with E-state index in [-0.39, 0.29) is 55.1 Å². The van der Waals surface area contributed by atoms with Gasteiger partial charge in [0, 0.05) is 59.6 Å². The monoisotopic (exact) mass is 943 g/mol. The summed E-state index contributed by atoms with van der Waals surface area (Å²) in [7, 11) is 8.57. The maximum absolute atomic E-state index is 14.4. The van der Waals surface area contributed by atoms with Crippen LogP contribution in [0, 0.1) is 17.8 Å². The third kappa shape index (κ3) is 20.3. The predicted molar refractivity (Wildman–Crippen MR) is 251 cm³/mol. The van der Waals surface area contributed by atoms with Crippen molar-refractivity contribution in [3.63, 3.8) is 0 Å². The van der Waals surface area contributed by atoms with E-state index in [2.05, 4.69) is 21.3 Å². The number of hydrogen-bond donors (Lipinski definition) is 5. The SMILES string of the molecule is CCCC(=O)N(C)[C@H](CSCCC(=O)OC)C(=O)N(C)[C@@H](CC(C)(C)O)C(=O)N[C@H](C(=O)N(C)[C@@H](CC(C)C)C(=O)N[C@H](C)C(=O)N[C@@H](C)C(=O)N(C)[C@@H](CC(C)C)C(=O)NC)C(C)C. The van der Waals surface area contributed by atoms with Gasteiger partial charge in [0.1, 0.15) is 42.3 Å². The summed E-state index contributed by atoms with van der Waals surface area (Å²) in [4.78, 5) is 126. The molecule has 0 aromatic carbocycles. The Labute approximate surface area is 392 Å². The van der Waals surface area contributed by atoms with Crippen LogP contribution in [0.5, 0.6) is 0 Å². The Kier molecular flexibility index (Phi) is 26.6. The molecule has 0 radical (unpaired) electrons. The molecule has 0 fully saturated rings. The highest BCUT2D eigenvalue weighted by molar-refractivity contribution is 7.99. The van der Waals surface area contributed by atoms with Crippen molar-refractivity contribution in [1.82, 2.24) is 40.9 Å². The molecule has 0 aliphatic heterocycles. The summed E-state index contributed by atoms with van der Waals surface area (Å²) in [5.74, 6) is -4.95. The molecule has 20 heteroatoms. The second-order valence-electron chi connectivity index (χ2n) is 18.6. The van der Waals surface area contributed by atoms with E-state index in [4.69, 9.17) is 4.74 Å². The van der Waals surface area contributed by atoms with Crippen molar-refractivity contribution in [3.8, 4) is 0 Å². The van der Waals surface area contributed by atoms with Crippen molar-refractivity contribution in [2.45, 2.75) is 163 Å². The van der Waals surface area contributed by atoms with Crippen LogP contribution in [0.4, 0.5) is 0 Å². The molecule has 0 aliphatic rings. The van der Waals surface area contributed by atoms with E-state index in [1.54, 1.807) is 13.8 Å². The van der Waals surface area contributed by atoms with Gasteiger partial charge in [0.2, 0.25) is 47.3 Å². The Balaban J connectivity index is 6.49. The molecule has 0 heterocycles. The van der Waals surface area contributed by atoms with Gasteiger partial charge in [-0.2, -0.15) is 11.8 Å². The fourth-order valence-corrected chi connectivity index (χ4v) is 8.01. The predicted octanol–water partition coefficient (Wildman–Crippen LogP) is 1.54. The van der Waals surface area contributed by atoms with Crippen LogP contribution < -0.4 is 21.3 Å². The van der Waals surface area contributed by atoms with Gasteiger partial charge in [-0.3, -0.25) is 43.2 Å². The zero-order chi connectivity index (χ0) is 50.7. The molecule has 8 amide bonds. The summed E-state index contributed by atoms with van der Waals surface area (Å²) < 4.78 is 4.71. The van der Waals surface area contributed by atoms with Gasteiger partial charge in [0.15, 0.2) is 0 Å². The highest BCUT2D eigenvalue weighted by Gasteiger charge is 2.41. The second-order valence-corrected chi connectivity index (χ2v) is 19.8. The molecule has 0 aliphatic carbocycles. The third-order valence-electron chi connectivity index (χ3n) is 11.0. The number of ether oxygens (including phenoxy) is 1. The number of likely N-dealkylation sites (N-methyl/N-ethyl adjacent to an activating group) is 5. The van der Waals surface area contributed by atoms with Gasteiger partial charge in [-0.05, 0) is 64.7 Å². The number of aliphatic hydroxyl groups is 1. The van der Waals surface area contributed by atoms with Crippen LogP contribution >= 0.6 is 11.8 Å². The first kappa shape index (κ1) is 60.5. The molecular formula is C45H82N8O11S. The van der Waals surface area contributed by atoms with E-state index in [0.29, 0.717) is 18.6 Å². The van der Waals surface area contributed by atoms with E-state index in [0.717, 1.165) is 0 Å². The number of amides is 8. The van der Waals surface area contributed by atoms with Gasteiger partial charge in [0.25, 0.3) is 0 Å². The quantitative estimate of drug-likeness (QED) is 0.0555. The smallest absolute Gasteiger partial charge is 0.306 e. The fourth-order valence-electron chi connectivity index (χ4n) is 6.94. The number of rotatable bonds is 28. The molecule has 0 aromatic heterocycles. The summed E-state index contributed by atoms with van der Waals surface area (Å²) in [5.41, 5.74) is -1.47. The first-order valence-corrected chi connectivity index (χ1v) is 23.7. The number of hydrogen-bond acceptors (Lipinski definition) is 12. The van der Waals surface area contributed by atoms with Gasteiger partial charge in [0.05, 0.1) is 19.1 Å². The Morgan fingerprint density at radius 3 is 1.55 bits per heavy atom. The molecule has 0 unspecified atom stereocenters. The Bertz CT molecular complexity index is 1620. The van der Waals surface area contributed by atoms with E-state index in [9.17, 15) is 48.3 Å². The lowest BCUT2D eigenvalue weighted by atomic mass is 9.95. The van der Waals surface area contributed by atoms with Crippen molar-refractivity contribution >= 4 is 65.0 Å². The summed E-state index contributed by atoms with van der Waals surface area (Å²) in [6.07, 6.45) is 1.14. The maximum Gasteiger partial charge on any atom is 0.306 e. The van der Waals surface area contributed by atoms with Gasteiger partial charge < -0.3 is 50.7 Å². The Hall–Kier alpha value is -4.46. The van der Waals surface area contributed by atoms with Crippen LogP contribution in [0.2, 0.25) is 0 Å². The van der Waals surface area contributed by atoms with Crippen molar-refractivity contribution < 1.29 is 53.0 Å². The molecule has 0 saturated heterocycles. The molecule has 0 rings (SSSR count). The standard InChI is InChI=1S/C45H82N8O11S/c1-18-19-35(54)50(13)34(25-65-21-20-36(55)64-17)43(61)53(16)33(24-45(10,11)63)41(59)49-37(28(6)7)44(62)52(15)32(23-27(4)5)40(58)47-29(8)38(56)48-30(9)42(60)51(14)31(22-26(2)3)39(57)46-12/h26-34,37,63H,18-25H2,1-17H3,(H,46,57)(H,47,58)(H,48,56)(H,49,59)/t29-,30+,31+,32+,33+,34-,37+/m1/s1. The maximum atomic E-state index is 14.4. The van der Waals surface area contributed by atoms with Gasteiger partial charge in [-0.1, -0.05) is 48.5 Å². The largest absolute Gasteiger partial charge is 0.469 e. The first-order chi connectivity index (χ1) is 30.0. The zero-order valence-electron chi connectivity index (χ0n) is 42.2. The second kappa shape index (κ2) is 28.5. The van der Waals surface area contributed by atoms with E-state index in [1.807, 2.05) is 34.6 Å². The normalized spacial score (nSPS) is 14.8. The molecule has 7 atom stereocenters. The molecular weight excluding hydrogens is 861 g/mol. The highest BCUT2D eigenvalue weighted by atomic mass is 32.2. The summed E-state index contributed by atoms with van der Waals surface area (Å²) >= 11 is 1.27. The topological polar surface area (TPSA) is 244 Å². The van der Waals surface area contributed by atoms with Gasteiger partial charge >= 0.3 is 5.97 Å². The molecule has 65 heavy (non-hydrogen) atoms. The van der Waals surface area contributed by atoms with Gasteiger partial charge in [-0.25, -0.2) is 0 Å². The van der Waals surface area contributed by atoms with Crippen LogP contribution in [0.25, 0.3) is 0 Å². The average molecular weight is 943 g/mol. The molecule has 0 aromatic rings. The van der Waals surface area contributed by atoms with Gasteiger partial charge in [-0.15, -0.1) is 0 Å². The number of nitrogens with one attached hydrogen (secondary N) is 4. The van der Waals surface area contributed by atoms with Crippen LogP contribution in [0.15, 0.2) is 0 Å². The summed E-state index contributed by atoms with van der Waals surface area (Å²) in [6.45, 7) is 18.7. The molecule has 0 spiro atoms. The number of carbonyl (C=O) groups excluding carboxylic acids is 9. The highest BCUT2D eigenvalue weighted by Crippen LogP contribution is 2.22. The number of thioether (sulfide) groups is 1.